The van der Waals surface area contributed by atoms with Crippen LogP contribution in [0.5, 0.6) is 5.75 Å². The molecular weight excluding hydrogens is 411 g/mol. The lowest BCUT2D eigenvalue weighted by molar-refractivity contribution is -0.384. The first-order chi connectivity index (χ1) is 12.5. The van der Waals surface area contributed by atoms with Gasteiger partial charge in [0.25, 0.3) is 5.69 Å². The van der Waals surface area contributed by atoms with E-state index in [0.717, 1.165) is 11.0 Å². The number of methoxy groups -OCH3 is 1. The van der Waals surface area contributed by atoms with E-state index < -0.39 is 60.1 Å². The van der Waals surface area contributed by atoms with Gasteiger partial charge in [-0.25, -0.2) is 0 Å². The minimum absolute atomic E-state index is 0. The molecule has 0 saturated carbocycles. The van der Waals surface area contributed by atoms with Crippen molar-refractivity contribution in [3.05, 3.63) is 28.3 Å². The lowest BCUT2D eigenvalue weighted by Crippen LogP contribution is -2.34. The number of rotatable bonds is 6. The predicted octanol–water partition coefficient (Wildman–Crippen LogP) is 2.16. The van der Waals surface area contributed by atoms with Crippen LogP contribution in [-0.2, 0) is 9.59 Å². The van der Waals surface area contributed by atoms with Gasteiger partial charge in [0.15, 0.2) is 0 Å². The molecule has 1 aliphatic heterocycles. The molecule has 0 aromatic heterocycles. The van der Waals surface area contributed by atoms with Gasteiger partial charge in [-0.1, -0.05) is 0 Å². The number of hydrogen-bond donors (Lipinski definition) is 2. The second kappa shape index (κ2) is 9.06. The van der Waals surface area contributed by atoms with E-state index >= 15 is 0 Å². The molecule has 0 spiro atoms. The SMILES string of the molecule is COc1ccc(NC(=O)CN2C[C@@H](C(F)(F)F)[C@H](C(=O)O)C2)c([N+](=O)[O-])c1.Cl. The van der Waals surface area contributed by atoms with Crippen LogP contribution < -0.4 is 10.1 Å². The Balaban J connectivity index is 0.00000392. The van der Waals surface area contributed by atoms with Crippen LogP contribution in [0, 0.1) is 22.0 Å². The Morgan fingerprint density at radius 2 is 2.04 bits per heavy atom. The van der Waals surface area contributed by atoms with Crippen molar-refractivity contribution in [2.75, 3.05) is 32.1 Å². The number of halogens is 4. The number of nitrogens with zero attached hydrogens (tertiary/aromatic N) is 2. The van der Waals surface area contributed by atoms with Gasteiger partial charge < -0.3 is 15.2 Å². The van der Waals surface area contributed by atoms with Gasteiger partial charge in [0.1, 0.15) is 11.4 Å². The van der Waals surface area contributed by atoms with Crippen molar-refractivity contribution in [1.29, 1.82) is 0 Å². The maximum atomic E-state index is 13.0. The van der Waals surface area contributed by atoms with Gasteiger partial charge in [0.05, 0.1) is 36.5 Å². The van der Waals surface area contributed by atoms with Gasteiger partial charge in [-0.05, 0) is 12.1 Å². The number of likely N-dealkylation sites (tertiary alicyclic amines) is 1. The average molecular weight is 428 g/mol. The van der Waals surface area contributed by atoms with E-state index in [1.165, 1.54) is 19.2 Å². The van der Waals surface area contributed by atoms with Crippen LogP contribution in [0.2, 0.25) is 0 Å². The lowest BCUT2D eigenvalue weighted by Gasteiger charge is -2.18. The molecule has 9 nitrogen and oxygen atoms in total. The van der Waals surface area contributed by atoms with E-state index in [2.05, 4.69) is 5.32 Å². The molecule has 1 fully saturated rings. The van der Waals surface area contributed by atoms with Crippen molar-refractivity contribution in [1.82, 2.24) is 4.90 Å². The normalized spacial score (nSPS) is 19.6. The zero-order valence-corrected chi connectivity index (χ0v) is 15.2. The van der Waals surface area contributed by atoms with Crippen molar-refractivity contribution in [3.63, 3.8) is 0 Å². The molecule has 0 bridgehead atoms. The van der Waals surface area contributed by atoms with Crippen LogP contribution in [0.3, 0.4) is 0 Å². The molecule has 1 saturated heterocycles. The monoisotopic (exact) mass is 427 g/mol. The summed E-state index contributed by atoms with van der Waals surface area (Å²) in [7, 11) is 1.31. The Morgan fingerprint density at radius 1 is 1.39 bits per heavy atom. The van der Waals surface area contributed by atoms with Gasteiger partial charge in [0.2, 0.25) is 5.91 Å². The van der Waals surface area contributed by atoms with Crippen LogP contribution >= 0.6 is 12.4 Å². The Kier molecular flexibility index (Phi) is 7.58. The molecule has 1 amide bonds. The number of carboxylic acid groups (broad SMARTS) is 1. The fourth-order valence-corrected chi connectivity index (χ4v) is 2.88. The largest absolute Gasteiger partial charge is 0.496 e. The summed E-state index contributed by atoms with van der Waals surface area (Å²) in [5.41, 5.74) is -0.590. The molecule has 13 heteroatoms. The summed E-state index contributed by atoms with van der Waals surface area (Å²) in [4.78, 5) is 34.5. The van der Waals surface area contributed by atoms with Gasteiger partial charge in [0, 0.05) is 13.1 Å². The summed E-state index contributed by atoms with van der Waals surface area (Å²) in [5, 5.41) is 22.3. The highest BCUT2D eigenvalue weighted by Gasteiger charge is 2.52. The summed E-state index contributed by atoms with van der Waals surface area (Å²) < 4.78 is 43.8. The maximum Gasteiger partial charge on any atom is 0.393 e. The number of carbonyl (C=O) groups excluding carboxylic acids is 1. The number of benzene rings is 1. The fourth-order valence-electron chi connectivity index (χ4n) is 2.88. The number of ether oxygens (including phenoxy) is 1. The number of nitro groups is 1. The highest BCUT2D eigenvalue weighted by molar-refractivity contribution is 5.94. The number of aliphatic carboxylic acids is 1. The van der Waals surface area contributed by atoms with Crippen molar-refractivity contribution >= 4 is 35.7 Å². The summed E-state index contributed by atoms with van der Waals surface area (Å²) in [6.07, 6.45) is -4.71. The highest BCUT2D eigenvalue weighted by atomic mass is 35.5. The Labute approximate surface area is 163 Å². The number of anilines is 1. The number of carboxylic acids is 1. The van der Waals surface area contributed by atoms with E-state index in [0.29, 0.717) is 0 Å². The summed E-state index contributed by atoms with van der Waals surface area (Å²) in [6, 6.07) is 3.70. The van der Waals surface area contributed by atoms with Crippen molar-refractivity contribution in [2.24, 2.45) is 11.8 Å². The van der Waals surface area contributed by atoms with E-state index in [4.69, 9.17) is 9.84 Å². The van der Waals surface area contributed by atoms with Crippen molar-refractivity contribution < 1.29 is 37.5 Å². The molecule has 1 heterocycles. The molecule has 2 N–H and O–H groups in total. The minimum Gasteiger partial charge on any atom is -0.496 e. The number of alkyl halides is 3. The molecule has 28 heavy (non-hydrogen) atoms. The zero-order valence-electron chi connectivity index (χ0n) is 14.4. The van der Waals surface area contributed by atoms with Crippen LogP contribution in [0.25, 0.3) is 0 Å². The van der Waals surface area contributed by atoms with Gasteiger partial charge in [-0.3, -0.25) is 24.6 Å². The van der Waals surface area contributed by atoms with E-state index in [1.807, 2.05) is 0 Å². The third-order valence-corrected chi connectivity index (χ3v) is 4.18. The predicted molar refractivity (Wildman–Crippen MR) is 92.6 cm³/mol. The lowest BCUT2D eigenvalue weighted by atomic mass is 9.96. The van der Waals surface area contributed by atoms with Crippen LogP contribution in [0.4, 0.5) is 24.5 Å². The number of nitrogens with one attached hydrogen (secondary N) is 1. The van der Waals surface area contributed by atoms with Crippen molar-refractivity contribution in [3.8, 4) is 5.75 Å². The molecule has 0 aliphatic carbocycles. The topological polar surface area (TPSA) is 122 Å². The number of carbonyl (C=O) groups is 2. The number of nitro benzene ring substituents is 1. The average Bonchev–Trinajstić information content (AvgIpc) is 2.99. The van der Waals surface area contributed by atoms with Gasteiger partial charge in [-0.2, -0.15) is 13.2 Å². The fraction of sp³-hybridized carbons (Fsp3) is 0.467. The third kappa shape index (κ3) is 5.45. The first kappa shape index (κ1) is 23.4. The molecule has 1 aromatic rings. The molecule has 156 valence electrons. The second-order valence-electron chi connectivity index (χ2n) is 5.98. The first-order valence-electron chi connectivity index (χ1n) is 7.67. The molecule has 0 radical (unpaired) electrons. The quantitative estimate of drug-likeness (QED) is 0.527. The molecule has 2 rings (SSSR count). The standard InChI is InChI=1S/C15H16F3N3O6.ClH/c1-27-8-2-3-11(12(4-8)21(25)26)19-13(22)7-20-5-9(14(23)24)10(6-20)15(16,17)18;/h2-4,9-10H,5-7H2,1H3,(H,19,22)(H,23,24);1H/t9-,10-;/m1./s1. The minimum atomic E-state index is -4.71. The molecule has 1 aromatic carbocycles. The zero-order chi connectivity index (χ0) is 20.4. The molecule has 2 atom stereocenters. The maximum absolute atomic E-state index is 13.0. The highest BCUT2D eigenvalue weighted by Crippen LogP contribution is 2.37. The number of amides is 1. The van der Waals surface area contributed by atoms with E-state index in [-0.39, 0.29) is 23.8 Å². The van der Waals surface area contributed by atoms with Crippen LogP contribution in [0.15, 0.2) is 18.2 Å². The number of hydrogen-bond acceptors (Lipinski definition) is 6. The smallest absolute Gasteiger partial charge is 0.393 e. The Hall–Kier alpha value is -2.60. The molecule has 0 unspecified atom stereocenters. The van der Waals surface area contributed by atoms with Crippen LogP contribution in [0.1, 0.15) is 0 Å². The summed E-state index contributed by atoms with van der Waals surface area (Å²) >= 11 is 0. The van der Waals surface area contributed by atoms with Gasteiger partial charge in [-0.15, -0.1) is 12.4 Å². The first-order valence-corrected chi connectivity index (χ1v) is 7.67. The molecule has 1 aliphatic rings. The molecular formula is C15H17ClF3N3O6. The Bertz CT molecular complexity index is 761. The third-order valence-electron chi connectivity index (χ3n) is 4.18. The van der Waals surface area contributed by atoms with E-state index in [9.17, 15) is 32.9 Å². The second-order valence-corrected chi connectivity index (χ2v) is 5.98. The Morgan fingerprint density at radius 3 is 2.50 bits per heavy atom. The summed E-state index contributed by atoms with van der Waals surface area (Å²) in [6.45, 7) is -1.62. The van der Waals surface area contributed by atoms with E-state index in [1.54, 1.807) is 0 Å². The van der Waals surface area contributed by atoms with Crippen molar-refractivity contribution in [2.45, 2.75) is 6.18 Å². The van der Waals surface area contributed by atoms with Crippen LogP contribution in [-0.4, -0.2) is 59.7 Å². The van der Waals surface area contributed by atoms with Gasteiger partial charge >= 0.3 is 12.1 Å². The summed E-state index contributed by atoms with van der Waals surface area (Å²) in [5.74, 6) is -5.95.